The van der Waals surface area contributed by atoms with Crippen molar-refractivity contribution in [3.05, 3.63) is 11.9 Å². The van der Waals surface area contributed by atoms with Gasteiger partial charge in [0.15, 0.2) is 0 Å². The first-order valence-electron chi connectivity index (χ1n) is 5.23. The van der Waals surface area contributed by atoms with Crippen LogP contribution in [-0.4, -0.2) is 28.7 Å². The molecule has 0 radical (unpaired) electrons. The van der Waals surface area contributed by atoms with Gasteiger partial charge in [0.05, 0.1) is 5.69 Å². The average Bonchev–Trinajstić information content (AvgIpc) is 2.71. The zero-order valence-electron chi connectivity index (χ0n) is 8.90. The Balaban J connectivity index is 2.19. The number of anilines is 1. The maximum absolute atomic E-state index is 5.87. The maximum Gasteiger partial charge on any atom is 0.205 e. The molecule has 1 fully saturated rings. The molecule has 0 saturated carbocycles. The summed E-state index contributed by atoms with van der Waals surface area (Å²) in [5.74, 6) is 1.06. The molecule has 4 heteroatoms. The fourth-order valence-electron chi connectivity index (χ4n) is 1.95. The van der Waals surface area contributed by atoms with Crippen molar-refractivity contribution in [1.82, 2.24) is 9.55 Å². The van der Waals surface area contributed by atoms with Crippen molar-refractivity contribution in [2.24, 2.45) is 12.8 Å². The van der Waals surface area contributed by atoms with Gasteiger partial charge in [-0.05, 0) is 12.8 Å². The third-order valence-corrected chi connectivity index (χ3v) is 2.77. The van der Waals surface area contributed by atoms with Gasteiger partial charge in [-0.3, -0.25) is 0 Å². The number of hydrogen-bond acceptors (Lipinski definition) is 3. The first kappa shape index (κ1) is 9.52. The van der Waals surface area contributed by atoms with Crippen LogP contribution in [0.25, 0.3) is 0 Å². The first-order chi connectivity index (χ1) is 6.70. The average molecular weight is 194 g/mol. The molecule has 78 valence electrons. The van der Waals surface area contributed by atoms with E-state index in [1.807, 2.05) is 7.05 Å². The van der Waals surface area contributed by atoms with Crippen LogP contribution in [0.5, 0.6) is 0 Å². The Kier molecular flexibility index (Phi) is 2.46. The zero-order chi connectivity index (χ0) is 10.1. The number of aromatic nitrogens is 2. The van der Waals surface area contributed by atoms with Gasteiger partial charge in [0.2, 0.25) is 5.95 Å². The lowest BCUT2D eigenvalue weighted by atomic mass is 10.3. The third-order valence-electron chi connectivity index (χ3n) is 2.77. The van der Waals surface area contributed by atoms with Crippen LogP contribution in [0.4, 0.5) is 5.95 Å². The number of nitrogens with zero attached hydrogens (tertiary/aromatic N) is 3. The highest BCUT2D eigenvalue weighted by Crippen LogP contribution is 2.18. The van der Waals surface area contributed by atoms with Gasteiger partial charge in [-0.25, -0.2) is 4.98 Å². The first-order valence-corrected chi connectivity index (χ1v) is 5.23. The minimum Gasteiger partial charge on any atom is -0.341 e. The predicted molar refractivity (Wildman–Crippen MR) is 57.4 cm³/mol. The van der Waals surface area contributed by atoms with Crippen LogP contribution in [-0.2, 0) is 13.5 Å². The molecule has 2 rings (SSSR count). The van der Waals surface area contributed by atoms with Gasteiger partial charge in [-0.1, -0.05) is 6.92 Å². The number of nitrogens with two attached hydrogens (primary N) is 1. The van der Waals surface area contributed by atoms with E-state index in [9.17, 15) is 0 Å². The fourth-order valence-corrected chi connectivity index (χ4v) is 1.95. The predicted octanol–water partition coefficient (Wildman–Crippen LogP) is 0.520. The molecule has 1 aliphatic heterocycles. The Morgan fingerprint density at radius 1 is 1.64 bits per heavy atom. The van der Waals surface area contributed by atoms with Crippen molar-refractivity contribution in [2.45, 2.75) is 25.8 Å². The molecule has 0 bridgehead atoms. The second-order valence-electron chi connectivity index (χ2n) is 3.99. The molecule has 14 heavy (non-hydrogen) atoms. The molecule has 1 aliphatic rings. The van der Waals surface area contributed by atoms with Crippen molar-refractivity contribution in [1.29, 1.82) is 0 Å². The lowest BCUT2D eigenvalue weighted by molar-refractivity contribution is 0.746. The van der Waals surface area contributed by atoms with Crippen LogP contribution in [0, 0.1) is 0 Å². The van der Waals surface area contributed by atoms with Gasteiger partial charge in [0.1, 0.15) is 0 Å². The Morgan fingerprint density at radius 2 is 2.43 bits per heavy atom. The van der Waals surface area contributed by atoms with Gasteiger partial charge >= 0.3 is 0 Å². The molecule has 1 aromatic heterocycles. The third kappa shape index (κ3) is 1.62. The monoisotopic (exact) mass is 194 g/mol. The molecule has 4 nitrogen and oxygen atoms in total. The topological polar surface area (TPSA) is 47.1 Å². The summed E-state index contributed by atoms with van der Waals surface area (Å²) in [7, 11) is 2.05. The summed E-state index contributed by atoms with van der Waals surface area (Å²) >= 11 is 0. The fraction of sp³-hybridized carbons (Fsp3) is 0.700. The molecular weight excluding hydrogens is 176 g/mol. The molecule has 0 amide bonds. The normalized spacial score (nSPS) is 21.9. The van der Waals surface area contributed by atoms with Crippen LogP contribution in [0.1, 0.15) is 19.0 Å². The van der Waals surface area contributed by atoms with Gasteiger partial charge < -0.3 is 15.2 Å². The Morgan fingerprint density at radius 3 is 2.93 bits per heavy atom. The maximum atomic E-state index is 5.87. The van der Waals surface area contributed by atoms with Gasteiger partial charge in [0, 0.05) is 32.4 Å². The van der Waals surface area contributed by atoms with E-state index in [1.54, 1.807) is 0 Å². The number of hydrogen-bond donors (Lipinski definition) is 1. The lowest BCUT2D eigenvalue weighted by Gasteiger charge is -2.16. The van der Waals surface area contributed by atoms with Crippen molar-refractivity contribution >= 4 is 5.95 Å². The summed E-state index contributed by atoms with van der Waals surface area (Å²) in [5, 5.41) is 0. The van der Waals surface area contributed by atoms with E-state index in [1.165, 1.54) is 0 Å². The summed E-state index contributed by atoms with van der Waals surface area (Å²) in [5.41, 5.74) is 7.03. The smallest absolute Gasteiger partial charge is 0.205 e. The van der Waals surface area contributed by atoms with Crippen LogP contribution < -0.4 is 10.6 Å². The van der Waals surface area contributed by atoms with E-state index in [4.69, 9.17) is 5.73 Å². The minimum atomic E-state index is 0.316. The molecule has 0 aliphatic carbocycles. The molecule has 1 atom stereocenters. The van der Waals surface area contributed by atoms with Gasteiger partial charge in [-0.15, -0.1) is 0 Å². The van der Waals surface area contributed by atoms with Crippen molar-refractivity contribution in [2.75, 3.05) is 18.0 Å². The molecule has 1 unspecified atom stereocenters. The summed E-state index contributed by atoms with van der Waals surface area (Å²) < 4.78 is 2.09. The van der Waals surface area contributed by atoms with Crippen molar-refractivity contribution in [3.63, 3.8) is 0 Å². The minimum absolute atomic E-state index is 0.316. The van der Waals surface area contributed by atoms with E-state index in [0.717, 1.165) is 37.6 Å². The Hall–Kier alpha value is -1.03. The van der Waals surface area contributed by atoms with Crippen LogP contribution in [0.15, 0.2) is 6.20 Å². The van der Waals surface area contributed by atoms with Gasteiger partial charge in [-0.2, -0.15) is 0 Å². The molecule has 0 aromatic carbocycles. The zero-order valence-corrected chi connectivity index (χ0v) is 8.90. The number of aryl methyl sites for hydroxylation is 2. The van der Waals surface area contributed by atoms with Crippen molar-refractivity contribution < 1.29 is 0 Å². The van der Waals surface area contributed by atoms with Crippen LogP contribution >= 0.6 is 0 Å². The SMILES string of the molecule is CCc1cn(C)c(N2CCC(N)C2)n1. The van der Waals surface area contributed by atoms with E-state index in [2.05, 4.69) is 27.6 Å². The largest absolute Gasteiger partial charge is 0.341 e. The highest BCUT2D eigenvalue weighted by Gasteiger charge is 2.22. The highest BCUT2D eigenvalue weighted by atomic mass is 15.3. The number of imidazole rings is 1. The lowest BCUT2D eigenvalue weighted by Crippen LogP contribution is -2.27. The van der Waals surface area contributed by atoms with E-state index in [0.29, 0.717) is 6.04 Å². The van der Waals surface area contributed by atoms with Crippen molar-refractivity contribution in [3.8, 4) is 0 Å². The summed E-state index contributed by atoms with van der Waals surface area (Å²) in [6.45, 7) is 4.10. The van der Waals surface area contributed by atoms with Gasteiger partial charge in [0.25, 0.3) is 0 Å². The Labute approximate surface area is 84.7 Å². The molecular formula is C10H18N4. The van der Waals surface area contributed by atoms with E-state index < -0.39 is 0 Å². The molecule has 1 aromatic rings. The van der Waals surface area contributed by atoms with E-state index >= 15 is 0 Å². The second kappa shape index (κ2) is 3.61. The standard InChI is InChI=1S/C10H18N4/c1-3-9-7-13(2)10(12-9)14-5-4-8(11)6-14/h7-8H,3-6,11H2,1-2H3. The number of rotatable bonds is 2. The molecule has 2 heterocycles. The second-order valence-corrected chi connectivity index (χ2v) is 3.99. The highest BCUT2D eigenvalue weighted by molar-refractivity contribution is 5.35. The molecule has 0 spiro atoms. The van der Waals surface area contributed by atoms with E-state index in [-0.39, 0.29) is 0 Å². The quantitative estimate of drug-likeness (QED) is 0.746. The Bertz CT molecular complexity index is 318. The summed E-state index contributed by atoms with van der Waals surface area (Å²) in [6.07, 6.45) is 4.17. The summed E-state index contributed by atoms with van der Waals surface area (Å²) in [6, 6.07) is 0.316. The molecule has 1 saturated heterocycles. The van der Waals surface area contributed by atoms with Crippen LogP contribution in [0.2, 0.25) is 0 Å². The molecule has 2 N–H and O–H groups in total. The summed E-state index contributed by atoms with van der Waals surface area (Å²) in [4.78, 5) is 6.85. The van der Waals surface area contributed by atoms with Crippen LogP contribution in [0.3, 0.4) is 0 Å².